The smallest absolute Gasteiger partial charge is 0.132 e. The molecule has 1 heterocycles. The van der Waals surface area contributed by atoms with E-state index in [4.69, 9.17) is 9.47 Å². The van der Waals surface area contributed by atoms with Crippen LogP contribution in [0.15, 0.2) is 24.3 Å². The molecule has 0 bridgehead atoms. The lowest BCUT2D eigenvalue weighted by molar-refractivity contribution is 0.0728. The fourth-order valence-electron chi connectivity index (χ4n) is 4.60. The van der Waals surface area contributed by atoms with Crippen molar-refractivity contribution in [1.82, 2.24) is 0 Å². The van der Waals surface area contributed by atoms with Crippen molar-refractivity contribution in [3.05, 3.63) is 63.2 Å². The minimum absolute atomic E-state index is 0.207. The van der Waals surface area contributed by atoms with Crippen LogP contribution >= 0.6 is 0 Å². The molecule has 1 aliphatic heterocycles. The monoisotopic (exact) mass is 422 g/mol. The first-order valence-electron chi connectivity index (χ1n) is 12.0. The average molecular weight is 423 g/mol. The highest BCUT2D eigenvalue weighted by Crippen LogP contribution is 2.34. The van der Waals surface area contributed by atoms with Gasteiger partial charge < -0.3 is 9.47 Å². The number of hydrogen-bond acceptors (Lipinski definition) is 2. The van der Waals surface area contributed by atoms with Gasteiger partial charge in [0.25, 0.3) is 0 Å². The van der Waals surface area contributed by atoms with E-state index >= 15 is 0 Å². The van der Waals surface area contributed by atoms with E-state index < -0.39 is 0 Å². The second-order valence-corrected chi connectivity index (χ2v) is 10.7. The molecule has 2 aromatic carbocycles. The van der Waals surface area contributed by atoms with Gasteiger partial charge in [-0.15, -0.1) is 0 Å². The zero-order chi connectivity index (χ0) is 22.9. The Balaban J connectivity index is 1.75. The molecule has 0 aliphatic carbocycles. The standard InChI is InChI=1S/C29H42O2/c1-18(2)19(3)10-11-26-20(4)12-24(13-21(26)5)16-25-14-22(6)28(23(7)15-25)31-29(8,9)27-17-30-27/h12-15,18-19,27H,10-11,16-17H2,1-9H3. The van der Waals surface area contributed by atoms with Crippen molar-refractivity contribution >= 4 is 0 Å². The molecule has 1 saturated heterocycles. The zero-order valence-corrected chi connectivity index (χ0v) is 21.2. The van der Waals surface area contributed by atoms with Crippen molar-refractivity contribution in [2.24, 2.45) is 11.8 Å². The Morgan fingerprint density at radius 3 is 1.84 bits per heavy atom. The Morgan fingerprint density at radius 1 is 0.903 bits per heavy atom. The Kier molecular flexibility index (Phi) is 7.21. The number of hydrogen-bond donors (Lipinski definition) is 0. The van der Waals surface area contributed by atoms with Gasteiger partial charge in [0, 0.05) is 0 Å². The van der Waals surface area contributed by atoms with Crippen LogP contribution in [0.5, 0.6) is 5.75 Å². The Labute approximate surface area is 190 Å². The number of epoxide rings is 1. The van der Waals surface area contributed by atoms with Crippen molar-refractivity contribution in [3.63, 3.8) is 0 Å². The van der Waals surface area contributed by atoms with E-state index in [0.29, 0.717) is 0 Å². The van der Waals surface area contributed by atoms with Gasteiger partial charge >= 0.3 is 0 Å². The normalized spacial score (nSPS) is 17.2. The fourth-order valence-corrected chi connectivity index (χ4v) is 4.60. The van der Waals surface area contributed by atoms with Crippen LogP contribution in [-0.4, -0.2) is 18.3 Å². The predicted molar refractivity (Wildman–Crippen MR) is 131 cm³/mol. The molecule has 3 rings (SSSR count). The molecule has 2 heteroatoms. The van der Waals surface area contributed by atoms with E-state index in [1.165, 1.54) is 51.8 Å². The molecule has 1 fully saturated rings. The van der Waals surface area contributed by atoms with Gasteiger partial charge in [0.15, 0.2) is 0 Å². The lowest BCUT2D eigenvalue weighted by Gasteiger charge is -2.27. The van der Waals surface area contributed by atoms with Crippen molar-refractivity contribution in [2.75, 3.05) is 6.61 Å². The molecule has 31 heavy (non-hydrogen) atoms. The topological polar surface area (TPSA) is 21.8 Å². The van der Waals surface area contributed by atoms with Crippen molar-refractivity contribution < 1.29 is 9.47 Å². The second kappa shape index (κ2) is 9.36. The number of ether oxygens (including phenoxy) is 2. The molecule has 0 spiro atoms. The molecule has 2 atom stereocenters. The largest absolute Gasteiger partial charge is 0.485 e. The molecule has 170 valence electrons. The fraction of sp³-hybridized carbons (Fsp3) is 0.586. The van der Waals surface area contributed by atoms with Crippen LogP contribution in [0.1, 0.15) is 80.0 Å². The van der Waals surface area contributed by atoms with Gasteiger partial charge in [-0.1, -0.05) is 45.0 Å². The summed E-state index contributed by atoms with van der Waals surface area (Å²) in [6, 6.07) is 9.36. The average Bonchev–Trinajstić information content (AvgIpc) is 3.49. The Morgan fingerprint density at radius 2 is 1.39 bits per heavy atom. The molecule has 0 aromatic heterocycles. The quantitative estimate of drug-likeness (QED) is 0.396. The summed E-state index contributed by atoms with van der Waals surface area (Å²) >= 11 is 0. The highest BCUT2D eigenvalue weighted by molar-refractivity contribution is 5.46. The summed E-state index contributed by atoms with van der Waals surface area (Å²) in [5.41, 5.74) is 9.28. The van der Waals surface area contributed by atoms with Crippen LogP contribution in [-0.2, 0) is 17.6 Å². The highest BCUT2D eigenvalue weighted by Gasteiger charge is 2.42. The van der Waals surface area contributed by atoms with Crippen LogP contribution in [0.3, 0.4) is 0 Å². The molecular formula is C29H42O2. The third kappa shape index (κ3) is 5.92. The van der Waals surface area contributed by atoms with E-state index in [9.17, 15) is 0 Å². The zero-order valence-electron chi connectivity index (χ0n) is 21.2. The molecule has 0 saturated carbocycles. The van der Waals surface area contributed by atoms with Crippen molar-refractivity contribution in [2.45, 2.75) is 93.3 Å². The van der Waals surface area contributed by atoms with Gasteiger partial charge in [0.2, 0.25) is 0 Å². The summed E-state index contributed by atoms with van der Waals surface area (Å²) in [5.74, 6) is 2.52. The molecule has 0 amide bonds. The first-order chi connectivity index (χ1) is 14.5. The maximum Gasteiger partial charge on any atom is 0.132 e. The summed E-state index contributed by atoms with van der Waals surface area (Å²) in [6.07, 6.45) is 3.61. The van der Waals surface area contributed by atoms with Crippen LogP contribution < -0.4 is 4.74 Å². The first-order valence-corrected chi connectivity index (χ1v) is 12.0. The van der Waals surface area contributed by atoms with Gasteiger partial charge in [-0.2, -0.15) is 0 Å². The van der Waals surface area contributed by atoms with Gasteiger partial charge in [0.05, 0.1) is 6.61 Å². The van der Waals surface area contributed by atoms with Crippen molar-refractivity contribution in [3.8, 4) is 5.75 Å². The van der Waals surface area contributed by atoms with E-state index in [1.54, 1.807) is 0 Å². The second-order valence-electron chi connectivity index (χ2n) is 10.7. The highest BCUT2D eigenvalue weighted by atomic mass is 16.6. The predicted octanol–water partition coefficient (Wildman–Crippen LogP) is 7.29. The summed E-state index contributed by atoms with van der Waals surface area (Å²) in [7, 11) is 0. The third-order valence-electron chi connectivity index (χ3n) is 7.15. The van der Waals surface area contributed by atoms with E-state index in [0.717, 1.165) is 30.6 Å². The van der Waals surface area contributed by atoms with E-state index in [-0.39, 0.29) is 11.7 Å². The molecule has 2 unspecified atom stereocenters. The number of benzene rings is 2. The minimum atomic E-state index is -0.284. The molecule has 0 radical (unpaired) electrons. The van der Waals surface area contributed by atoms with Crippen LogP contribution in [0, 0.1) is 39.5 Å². The van der Waals surface area contributed by atoms with Gasteiger partial charge in [-0.3, -0.25) is 0 Å². The number of aryl methyl sites for hydroxylation is 4. The van der Waals surface area contributed by atoms with Gasteiger partial charge in [0.1, 0.15) is 17.5 Å². The summed E-state index contributed by atoms with van der Waals surface area (Å²) in [6.45, 7) is 20.9. The van der Waals surface area contributed by atoms with Crippen LogP contribution in [0.25, 0.3) is 0 Å². The third-order valence-corrected chi connectivity index (χ3v) is 7.15. The summed E-state index contributed by atoms with van der Waals surface area (Å²) in [5, 5.41) is 0. The van der Waals surface area contributed by atoms with Crippen LogP contribution in [0.4, 0.5) is 0 Å². The minimum Gasteiger partial charge on any atom is -0.485 e. The van der Waals surface area contributed by atoms with Gasteiger partial charge in [-0.25, -0.2) is 0 Å². The molecule has 0 N–H and O–H groups in total. The maximum absolute atomic E-state index is 6.38. The SMILES string of the molecule is Cc1cc(Cc2cc(C)c(OC(C)(C)C3CO3)c(C)c2)cc(C)c1CCC(C)C(C)C. The lowest BCUT2D eigenvalue weighted by Crippen LogP contribution is -2.35. The Bertz CT molecular complexity index is 872. The van der Waals surface area contributed by atoms with Crippen molar-refractivity contribution in [1.29, 1.82) is 0 Å². The molecular weight excluding hydrogens is 380 g/mol. The molecule has 1 aliphatic rings. The van der Waals surface area contributed by atoms with Gasteiger partial charge in [-0.05, 0) is 112 Å². The summed E-state index contributed by atoms with van der Waals surface area (Å²) in [4.78, 5) is 0. The van der Waals surface area contributed by atoms with E-state index in [2.05, 4.69) is 86.6 Å². The molecule has 2 aromatic rings. The molecule has 2 nitrogen and oxygen atoms in total. The van der Waals surface area contributed by atoms with Crippen LogP contribution in [0.2, 0.25) is 0 Å². The first kappa shape index (κ1) is 23.9. The summed E-state index contributed by atoms with van der Waals surface area (Å²) < 4.78 is 11.9. The number of rotatable bonds is 9. The maximum atomic E-state index is 6.38. The Hall–Kier alpha value is -1.80. The lowest BCUT2D eigenvalue weighted by atomic mass is 9.87. The van der Waals surface area contributed by atoms with E-state index in [1.807, 2.05) is 0 Å².